The Hall–Kier alpha value is -1.96. The molecule has 8 nitrogen and oxygen atoms in total. The average Bonchev–Trinajstić information content (AvgIpc) is 2.39. The van der Waals surface area contributed by atoms with Crippen LogP contribution in [-0.4, -0.2) is 46.7 Å². The Balaban J connectivity index is 3.11. The quantitative estimate of drug-likeness (QED) is 0.544. The number of hydrogen-bond acceptors (Lipinski definition) is 7. The number of aromatic nitrogens is 2. The van der Waals surface area contributed by atoms with E-state index in [1.165, 1.54) is 6.20 Å². The molecule has 1 rings (SSSR count). The molecule has 1 aromatic rings. The molecule has 0 atom stereocenters. The fourth-order valence-electron chi connectivity index (χ4n) is 1.52. The lowest BCUT2D eigenvalue weighted by Crippen LogP contribution is -2.27. The topological polar surface area (TPSA) is 104 Å². The molecule has 0 amide bonds. The first-order valence-corrected chi connectivity index (χ1v) is 5.69. The van der Waals surface area contributed by atoms with Crippen LogP contribution in [0.4, 0.5) is 17.5 Å². The molecule has 0 fully saturated rings. The van der Waals surface area contributed by atoms with Gasteiger partial charge in [-0.15, -0.1) is 0 Å². The Labute approximate surface area is 105 Å². The lowest BCUT2D eigenvalue weighted by molar-refractivity contribution is -0.384. The summed E-state index contributed by atoms with van der Waals surface area (Å²) in [6, 6.07) is 0. The van der Waals surface area contributed by atoms with Crippen LogP contribution in [0.25, 0.3) is 0 Å². The van der Waals surface area contributed by atoms with Gasteiger partial charge in [-0.3, -0.25) is 10.1 Å². The van der Waals surface area contributed by atoms with Crippen LogP contribution in [0.3, 0.4) is 0 Å². The van der Waals surface area contributed by atoms with E-state index in [2.05, 4.69) is 15.3 Å². The van der Waals surface area contributed by atoms with Gasteiger partial charge in [0.1, 0.15) is 6.20 Å². The molecule has 0 aromatic carbocycles. The van der Waals surface area contributed by atoms with Crippen molar-refractivity contribution in [1.82, 2.24) is 9.97 Å². The number of aliphatic hydroxyl groups is 1. The molecular weight excluding hydrogens is 238 g/mol. The summed E-state index contributed by atoms with van der Waals surface area (Å²) in [5.41, 5.74) is -0.131. The molecule has 1 aromatic heterocycles. The largest absolute Gasteiger partial charge is 0.396 e. The van der Waals surface area contributed by atoms with Crippen molar-refractivity contribution in [2.24, 2.45) is 0 Å². The van der Waals surface area contributed by atoms with Crippen LogP contribution in [0.1, 0.15) is 13.3 Å². The van der Waals surface area contributed by atoms with Crippen LogP contribution < -0.4 is 10.2 Å². The molecule has 0 aliphatic heterocycles. The predicted molar refractivity (Wildman–Crippen MR) is 67.8 cm³/mol. The van der Waals surface area contributed by atoms with Gasteiger partial charge in [0.2, 0.25) is 11.8 Å². The molecule has 0 aliphatic carbocycles. The number of anilines is 2. The predicted octanol–water partition coefficient (Wildman–Crippen LogP) is 0.635. The van der Waals surface area contributed by atoms with Gasteiger partial charge in [-0.25, -0.2) is 4.98 Å². The Morgan fingerprint density at radius 3 is 2.83 bits per heavy atom. The fraction of sp³-hybridized carbons (Fsp3) is 0.600. The molecule has 1 heterocycles. The zero-order chi connectivity index (χ0) is 13.5. The Bertz CT molecular complexity index is 412. The van der Waals surface area contributed by atoms with Crippen molar-refractivity contribution < 1.29 is 10.0 Å². The van der Waals surface area contributed by atoms with Crippen molar-refractivity contribution in [3.05, 3.63) is 16.3 Å². The van der Waals surface area contributed by atoms with Gasteiger partial charge < -0.3 is 15.3 Å². The van der Waals surface area contributed by atoms with Crippen molar-refractivity contribution >= 4 is 17.5 Å². The highest BCUT2D eigenvalue weighted by atomic mass is 16.6. The molecular formula is C10H17N5O3. The van der Waals surface area contributed by atoms with Gasteiger partial charge in [0.15, 0.2) is 0 Å². The van der Waals surface area contributed by atoms with Gasteiger partial charge in [-0.1, -0.05) is 0 Å². The monoisotopic (exact) mass is 255 g/mol. The molecule has 0 saturated carbocycles. The highest BCUT2D eigenvalue weighted by Gasteiger charge is 2.21. The second-order valence-electron chi connectivity index (χ2n) is 3.57. The lowest BCUT2D eigenvalue weighted by Gasteiger charge is -2.21. The lowest BCUT2D eigenvalue weighted by atomic mass is 10.3. The van der Waals surface area contributed by atoms with Crippen LogP contribution in [0.5, 0.6) is 0 Å². The van der Waals surface area contributed by atoms with Crippen LogP contribution in [0.2, 0.25) is 0 Å². The summed E-state index contributed by atoms with van der Waals surface area (Å²) in [4.78, 5) is 20.1. The summed E-state index contributed by atoms with van der Waals surface area (Å²) in [7, 11) is 1.65. The Kier molecular flexibility index (Phi) is 5.25. The van der Waals surface area contributed by atoms with Gasteiger partial charge in [0.05, 0.1) is 4.92 Å². The van der Waals surface area contributed by atoms with E-state index in [9.17, 15) is 10.1 Å². The van der Waals surface area contributed by atoms with E-state index in [1.54, 1.807) is 11.9 Å². The van der Waals surface area contributed by atoms with E-state index in [0.717, 1.165) is 0 Å². The third kappa shape index (κ3) is 3.27. The summed E-state index contributed by atoms with van der Waals surface area (Å²) in [5, 5.41) is 22.5. The van der Waals surface area contributed by atoms with Gasteiger partial charge >= 0.3 is 5.69 Å². The van der Waals surface area contributed by atoms with Gasteiger partial charge in [0.25, 0.3) is 0 Å². The van der Waals surface area contributed by atoms with Crippen molar-refractivity contribution in [3.8, 4) is 0 Å². The number of nitrogens with one attached hydrogen (secondary N) is 1. The first-order valence-electron chi connectivity index (χ1n) is 5.69. The van der Waals surface area contributed by atoms with Crippen LogP contribution >= 0.6 is 0 Å². The molecule has 0 saturated heterocycles. The highest BCUT2D eigenvalue weighted by molar-refractivity contribution is 5.58. The SMILES string of the molecule is CCN(CCCO)c1nc(NC)ncc1[N+](=O)[O-]. The first kappa shape index (κ1) is 14.1. The zero-order valence-electron chi connectivity index (χ0n) is 10.5. The molecule has 0 unspecified atom stereocenters. The number of rotatable bonds is 7. The van der Waals surface area contributed by atoms with E-state index in [0.29, 0.717) is 25.5 Å². The zero-order valence-corrected chi connectivity index (χ0v) is 10.5. The third-order valence-corrected chi connectivity index (χ3v) is 2.44. The Morgan fingerprint density at radius 1 is 1.61 bits per heavy atom. The van der Waals surface area contributed by atoms with E-state index in [-0.39, 0.29) is 18.1 Å². The van der Waals surface area contributed by atoms with Crippen molar-refractivity contribution in [1.29, 1.82) is 0 Å². The van der Waals surface area contributed by atoms with Crippen molar-refractivity contribution in [2.75, 3.05) is 37.0 Å². The highest BCUT2D eigenvalue weighted by Crippen LogP contribution is 2.25. The van der Waals surface area contributed by atoms with Crippen LogP contribution in [0, 0.1) is 10.1 Å². The molecule has 18 heavy (non-hydrogen) atoms. The normalized spacial score (nSPS) is 10.2. The number of nitro groups is 1. The van der Waals surface area contributed by atoms with E-state index in [4.69, 9.17) is 5.11 Å². The van der Waals surface area contributed by atoms with E-state index in [1.807, 2.05) is 6.92 Å². The molecule has 2 N–H and O–H groups in total. The van der Waals surface area contributed by atoms with Crippen molar-refractivity contribution in [3.63, 3.8) is 0 Å². The summed E-state index contributed by atoms with van der Waals surface area (Å²) in [5.74, 6) is 0.605. The molecule has 100 valence electrons. The van der Waals surface area contributed by atoms with Crippen LogP contribution in [0.15, 0.2) is 6.20 Å². The minimum Gasteiger partial charge on any atom is -0.396 e. The minimum absolute atomic E-state index is 0.0360. The van der Waals surface area contributed by atoms with E-state index >= 15 is 0 Å². The van der Waals surface area contributed by atoms with Gasteiger partial charge in [0, 0.05) is 26.7 Å². The minimum atomic E-state index is -0.504. The summed E-state index contributed by atoms with van der Waals surface area (Å²) in [6.45, 7) is 2.99. The Morgan fingerprint density at radius 2 is 2.33 bits per heavy atom. The third-order valence-electron chi connectivity index (χ3n) is 2.44. The summed E-state index contributed by atoms with van der Waals surface area (Å²) >= 11 is 0. The molecule has 0 radical (unpaired) electrons. The first-order chi connectivity index (χ1) is 8.63. The molecule has 0 spiro atoms. The summed E-state index contributed by atoms with van der Waals surface area (Å²) < 4.78 is 0. The molecule has 8 heteroatoms. The smallest absolute Gasteiger partial charge is 0.329 e. The van der Waals surface area contributed by atoms with Crippen molar-refractivity contribution in [2.45, 2.75) is 13.3 Å². The summed E-state index contributed by atoms with van der Waals surface area (Å²) in [6.07, 6.45) is 1.72. The second-order valence-corrected chi connectivity index (χ2v) is 3.57. The van der Waals surface area contributed by atoms with E-state index < -0.39 is 4.92 Å². The number of hydrogen-bond donors (Lipinski definition) is 2. The van der Waals surface area contributed by atoms with Crippen LogP contribution in [-0.2, 0) is 0 Å². The maximum Gasteiger partial charge on any atom is 0.329 e. The molecule has 0 bridgehead atoms. The van der Waals surface area contributed by atoms with Gasteiger partial charge in [-0.2, -0.15) is 4.98 Å². The maximum atomic E-state index is 10.9. The molecule has 0 aliphatic rings. The second kappa shape index (κ2) is 6.70. The van der Waals surface area contributed by atoms with Gasteiger partial charge in [-0.05, 0) is 13.3 Å². The number of nitrogens with zero attached hydrogens (tertiary/aromatic N) is 4. The average molecular weight is 255 g/mol. The number of aliphatic hydroxyl groups excluding tert-OH is 1. The fourth-order valence-corrected chi connectivity index (χ4v) is 1.52. The standard InChI is InChI=1S/C10H17N5O3/c1-3-14(5-4-6-16)9-8(15(17)18)7-12-10(11-2)13-9/h7,16H,3-6H2,1-2H3,(H,11,12,13). The maximum absolute atomic E-state index is 10.9.